The molecule has 0 saturated heterocycles. The second kappa shape index (κ2) is 8.01. The molecule has 0 radical (unpaired) electrons. The highest BCUT2D eigenvalue weighted by Crippen LogP contribution is 2.10. The van der Waals surface area contributed by atoms with Crippen molar-refractivity contribution in [1.29, 1.82) is 0 Å². The smallest absolute Gasteiger partial charge is 0.270 e. The van der Waals surface area contributed by atoms with E-state index >= 15 is 0 Å². The van der Waals surface area contributed by atoms with E-state index in [-0.39, 0.29) is 5.91 Å². The maximum Gasteiger partial charge on any atom is 0.270 e. The number of pyridine rings is 1. The van der Waals surface area contributed by atoms with Gasteiger partial charge in [-0.25, -0.2) is 9.97 Å². The first kappa shape index (κ1) is 16.6. The summed E-state index contributed by atoms with van der Waals surface area (Å²) in [6.45, 7) is 1.08. The number of carbonyl (C=O) groups is 1. The summed E-state index contributed by atoms with van der Waals surface area (Å²) in [7, 11) is 1.90. The van der Waals surface area contributed by atoms with Crippen molar-refractivity contribution in [2.75, 3.05) is 11.9 Å². The second-order valence-corrected chi connectivity index (χ2v) is 5.63. The van der Waals surface area contributed by atoms with Gasteiger partial charge in [-0.15, -0.1) is 0 Å². The van der Waals surface area contributed by atoms with Crippen LogP contribution in [0.5, 0.6) is 0 Å². The van der Waals surface area contributed by atoms with Crippen LogP contribution in [-0.2, 0) is 13.1 Å². The average molecular weight is 333 g/mol. The molecule has 3 rings (SSSR count). The van der Waals surface area contributed by atoms with E-state index in [2.05, 4.69) is 20.3 Å². The third-order valence-electron chi connectivity index (χ3n) is 3.66. The largest absolute Gasteiger partial charge is 0.347 e. The van der Waals surface area contributed by atoms with Crippen LogP contribution < -0.4 is 10.2 Å². The van der Waals surface area contributed by atoms with Crippen molar-refractivity contribution in [2.24, 2.45) is 0 Å². The first-order valence-corrected chi connectivity index (χ1v) is 7.97. The van der Waals surface area contributed by atoms with Crippen LogP contribution in [0.25, 0.3) is 0 Å². The average Bonchev–Trinajstić information content (AvgIpc) is 2.68. The van der Waals surface area contributed by atoms with Gasteiger partial charge in [0, 0.05) is 38.7 Å². The Bertz CT molecular complexity index is 823. The molecule has 6 heteroatoms. The van der Waals surface area contributed by atoms with E-state index < -0.39 is 0 Å². The number of aromatic nitrogens is 3. The second-order valence-electron chi connectivity index (χ2n) is 5.63. The van der Waals surface area contributed by atoms with E-state index in [4.69, 9.17) is 0 Å². The monoisotopic (exact) mass is 333 g/mol. The molecule has 0 atom stereocenters. The van der Waals surface area contributed by atoms with E-state index in [1.54, 1.807) is 24.7 Å². The SMILES string of the molecule is CN(Cc1ccccc1)c1nccc(C(=O)NCc2cccnc2)n1. The summed E-state index contributed by atoms with van der Waals surface area (Å²) in [4.78, 5) is 26.9. The Balaban J connectivity index is 1.65. The van der Waals surface area contributed by atoms with E-state index in [1.165, 1.54) is 0 Å². The van der Waals surface area contributed by atoms with E-state index in [0.29, 0.717) is 24.7 Å². The zero-order valence-corrected chi connectivity index (χ0v) is 14.0. The maximum absolute atomic E-state index is 12.3. The molecule has 6 nitrogen and oxygen atoms in total. The van der Waals surface area contributed by atoms with E-state index in [0.717, 1.165) is 11.1 Å². The zero-order valence-electron chi connectivity index (χ0n) is 14.0. The third-order valence-corrected chi connectivity index (χ3v) is 3.66. The molecular weight excluding hydrogens is 314 g/mol. The zero-order chi connectivity index (χ0) is 17.5. The molecule has 1 N–H and O–H groups in total. The highest BCUT2D eigenvalue weighted by atomic mass is 16.1. The summed E-state index contributed by atoms with van der Waals surface area (Å²) in [5, 5.41) is 2.84. The molecule has 25 heavy (non-hydrogen) atoms. The minimum atomic E-state index is -0.236. The van der Waals surface area contributed by atoms with Crippen molar-refractivity contribution < 1.29 is 4.79 Å². The van der Waals surface area contributed by atoms with Crippen LogP contribution in [0.2, 0.25) is 0 Å². The molecule has 0 spiro atoms. The van der Waals surface area contributed by atoms with Gasteiger partial charge in [-0.05, 0) is 23.3 Å². The minimum absolute atomic E-state index is 0.236. The first-order valence-electron chi connectivity index (χ1n) is 7.97. The van der Waals surface area contributed by atoms with Crippen LogP contribution in [0, 0.1) is 0 Å². The Labute approximate surface area is 146 Å². The molecule has 0 unspecified atom stereocenters. The van der Waals surface area contributed by atoms with Gasteiger partial charge in [-0.1, -0.05) is 36.4 Å². The quantitative estimate of drug-likeness (QED) is 0.750. The Morgan fingerprint density at radius 1 is 1.04 bits per heavy atom. The van der Waals surface area contributed by atoms with E-state index in [9.17, 15) is 4.79 Å². The van der Waals surface area contributed by atoms with Crippen molar-refractivity contribution in [3.63, 3.8) is 0 Å². The maximum atomic E-state index is 12.3. The normalized spacial score (nSPS) is 10.3. The number of rotatable bonds is 6. The number of nitrogens with zero attached hydrogens (tertiary/aromatic N) is 4. The standard InChI is InChI=1S/C19H19N5O/c1-24(14-15-6-3-2-4-7-15)19-21-11-9-17(23-19)18(25)22-13-16-8-5-10-20-12-16/h2-12H,13-14H2,1H3,(H,22,25). The van der Waals surface area contributed by atoms with Crippen molar-refractivity contribution in [3.05, 3.63) is 83.9 Å². The predicted octanol–water partition coefficient (Wildman–Crippen LogP) is 2.44. The van der Waals surface area contributed by atoms with Crippen LogP contribution in [0.3, 0.4) is 0 Å². The van der Waals surface area contributed by atoms with Gasteiger partial charge in [-0.2, -0.15) is 0 Å². The van der Waals surface area contributed by atoms with Gasteiger partial charge in [0.15, 0.2) is 0 Å². The van der Waals surface area contributed by atoms with Crippen molar-refractivity contribution in [1.82, 2.24) is 20.3 Å². The lowest BCUT2D eigenvalue weighted by molar-refractivity contribution is 0.0946. The molecule has 0 aliphatic heterocycles. The highest BCUT2D eigenvalue weighted by Gasteiger charge is 2.11. The highest BCUT2D eigenvalue weighted by molar-refractivity contribution is 5.92. The van der Waals surface area contributed by atoms with Gasteiger partial charge in [0.05, 0.1) is 0 Å². The van der Waals surface area contributed by atoms with Crippen molar-refractivity contribution in [3.8, 4) is 0 Å². The fourth-order valence-electron chi connectivity index (χ4n) is 2.36. The van der Waals surface area contributed by atoms with E-state index in [1.807, 2.05) is 54.4 Å². The first-order chi connectivity index (χ1) is 12.2. The summed E-state index contributed by atoms with van der Waals surface area (Å²) >= 11 is 0. The van der Waals surface area contributed by atoms with Gasteiger partial charge >= 0.3 is 0 Å². The Morgan fingerprint density at radius 2 is 1.84 bits per heavy atom. The number of hydrogen-bond donors (Lipinski definition) is 1. The summed E-state index contributed by atoms with van der Waals surface area (Å²) in [6.07, 6.45) is 5.02. The minimum Gasteiger partial charge on any atom is -0.347 e. The molecule has 126 valence electrons. The fourth-order valence-corrected chi connectivity index (χ4v) is 2.36. The Morgan fingerprint density at radius 3 is 2.60 bits per heavy atom. The van der Waals surface area contributed by atoms with Crippen molar-refractivity contribution in [2.45, 2.75) is 13.1 Å². The summed E-state index contributed by atoms with van der Waals surface area (Å²) < 4.78 is 0. The van der Waals surface area contributed by atoms with Gasteiger partial charge in [0.1, 0.15) is 5.69 Å². The number of hydrogen-bond acceptors (Lipinski definition) is 5. The summed E-state index contributed by atoms with van der Waals surface area (Å²) in [5.41, 5.74) is 2.43. The lowest BCUT2D eigenvalue weighted by Crippen LogP contribution is -2.26. The molecule has 0 aliphatic carbocycles. The van der Waals surface area contributed by atoms with Crippen LogP contribution in [0.15, 0.2) is 67.1 Å². The topological polar surface area (TPSA) is 71.0 Å². The van der Waals surface area contributed by atoms with Crippen LogP contribution >= 0.6 is 0 Å². The van der Waals surface area contributed by atoms with Crippen LogP contribution in [-0.4, -0.2) is 27.9 Å². The molecule has 0 aliphatic rings. The summed E-state index contributed by atoms with van der Waals surface area (Å²) in [6, 6.07) is 15.4. The van der Waals surface area contributed by atoms with Gasteiger partial charge in [0.25, 0.3) is 5.91 Å². The number of anilines is 1. The lowest BCUT2D eigenvalue weighted by Gasteiger charge is -2.17. The molecule has 0 fully saturated rings. The van der Waals surface area contributed by atoms with Crippen LogP contribution in [0.4, 0.5) is 5.95 Å². The predicted molar refractivity (Wildman–Crippen MR) is 96.0 cm³/mol. The van der Waals surface area contributed by atoms with Crippen molar-refractivity contribution >= 4 is 11.9 Å². The number of amides is 1. The van der Waals surface area contributed by atoms with Gasteiger partial charge in [-0.3, -0.25) is 9.78 Å². The number of benzene rings is 1. The molecule has 2 heterocycles. The molecule has 1 aromatic carbocycles. The Kier molecular flexibility index (Phi) is 5.31. The fraction of sp³-hybridized carbons (Fsp3) is 0.158. The molecular formula is C19H19N5O. The molecule has 0 bridgehead atoms. The third kappa shape index (κ3) is 4.60. The Hall–Kier alpha value is -3.28. The molecule has 1 amide bonds. The number of nitrogens with one attached hydrogen (secondary N) is 1. The van der Waals surface area contributed by atoms with Crippen LogP contribution in [0.1, 0.15) is 21.6 Å². The molecule has 3 aromatic rings. The number of carbonyl (C=O) groups excluding carboxylic acids is 1. The molecule has 0 saturated carbocycles. The lowest BCUT2D eigenvalue weighted by atomic mass is 10.2. The van der Waals surface area contributed by atoms with Gasteiger partial charge < -0.3 is 10.2 Å². The molecule has 2 aromatic heterocycles. The summed E-state index contributed by atoms with van der Waals surface area (Å²) in [5.74, 6) is 0.276. The van der Waals surface area contributed by atoms with Gasteiger partial charge in [0.2, 0.25) is 5.95 Å².